The maximum atomic E-state index is 13.2. The van der Waals surface area contributed by atoms with Gasteiger partial charge < -0.3 is 24.3 Å². The van der Waals surface area contributed by atoms with Crippen LogP contribution in [0.25, 0.3) is 5.57 Å². The van der Waals surface area contributed by atoms with Crippen LogP contribution in [0.1, 0.15) is 42.4 Å². The molecular formula is C27H27F3N2O5. The van der Waals surface area contributed by atoms with Crippen molar-refractivity contribution >= 4 is 11.5 Å². The van der Waals surface area contributed by atoms with E-state index in [-0.39, 0.29) is 18.6 Å². The third kappa shape index (κ3) is 5.03. The zero-order valence-electron chi connectivity index (χ0n) is 20.8. The smallest absolute Gasteiger partial charge is 0.389 e. The van der Waals surface area contributed by atoms with Crippen LogP contribution in [0, 0.1) is 11.3 Å². The number of benzene rings is 2. The Kier molecular flexibility index (Phi) is 7.25. The van der Waals surface area contributed by atoms with E-state index in [1.54, 1.807) is 18.2 Å². The summed E-state index contributed by atoms with van der Waals surface area (Å²) in [6.07, 6.45) is -3.68. The molecule has 2 aromatic carbocycles. The highest BCUT2D eigenvalue weighted by Crippen LogP contribution is 2.50. The van der Waals surface area contributed by atoms with E-state index in [1.165, 1.54) is 21.3 Å². The summed E-state index contributed by atoms with van der Waals surface area (Å²) in [5, 5.41) is 12.9. The molecule has 1 spiro atoms. The second-order valence-electron chi connectivity index (χ2n) is 8.95. The van der Waals surface area contributed by atoms with Gasteiger partial charge in [-0.3, -0.25) is 4.79 Å². The molecule has 1 N–H and O–H groups in total. The summed E-state index contributed by atoms with van der Waals surface area (Å²) in [7, 11) is 4.46. The highest BCUT2D eigenvalue weighted by atomic mass is 19.4. The van der Waals surface area contributed by atoms with Crippen molar-refractivity contribution in [2.75, 3.05) is 27.9 Å². The molecule has 4 rings (SSSR count). The number of nitrogens with zero attached hydrogens (tertiary/aromatic N) is 1. The predicted molar refractivity (Wildman–Crippen MR) is 129 cm³/mol. The van der Waals surface area contributed by atoms with Crippen molar-refractivity contribution in [3.8, 4) is 29.1 Å². The lowest BCUT2D eigenvalue weighted by Gasteiger charge is -2.37. The number of halogens is 3. The number of rotatable bonds is 8. The van der Waals surface area contributed by atoms with Gasteiger partial charge >= 0.3 is 6.18 Å². The molecular weight excluding hydrogens is 489 g/mol. The Labute approximate surface area is 212 Å². The zero-order valence-corrected chi connectivity index (χ0v) is 20.8. The minimum Gasteiger partial charge on any atom is -0.494 e. The number of amides is 1. The molecule has 0 bridgehead atoms. The molecule has 1 atom stereocenters. The Balaban J connectivity index is 1.67. The maximum absolute atomic E-state index is 13.2. The number of hydrogen-bond acceptors (Lipinski definition) is 6. The van der Waals surface area contributed by atoms with Crippen molar-refractivity contribution in [1.29, 1.82) is 5.26 Å². The molecule has 0 saturated carbocycles. The van der Waals surface area contributed by atoms with Crippen LogP contribution in [0.15, 0.2) is 35.9 Å². The van der Waals surface area contributed by atoms with Crippen molar-refractivity contribution in [2.24, 2.45) is 0 Å². The van der Waals surface area contributed by atoms with Crippen LogP contribution in [0.3, 0.4) is 0 Å². The Hall–Kier alpha value is -3.87. The van der Waals surface area contributed by atoms with Gasteiger partial charge in [0.05, 0.1) is 33.5 Å². The molecule has 2 aliphatic rings. The van der Waals surface area contributed by atoms with Crippen molar-refractivity contribution in [2.45, 2.75) is 43.8 Å². The first kappa shape index (κ1) is 26.2. The lowest BCUT2D eigenvalue weighted by Crippen LogP contribution is -2.48. The fourth-order valence-corrected chi connectivity index (χ4v) is 5.13. The SMILES string of the molecule is COc1ccc(C2=C(C#N)C(=O)N[C@@]3(CCc4cc(OCCCC(F)(F)F)ccc43)C2)c(OC)c1OC. The summed E-state index contributed by atoms with van der Waals surface area (Å²) >= 11 is 0. The van der Waals surface area contributed by atoms with Gasteiger partial charge in [0, 0.05) is 18.4 Å². The normalized spacial score (nSPS) is 18.8. The standard InChI is InChI=1S/C27H27F3N2O5/c1-34-22-8-6-18(23(35-2)24(22)36-3)19-14-26(32-25(33)20(19)15-31)11-9-16-13-17(5-7-21(16)26)37-12-4-10-27(28,29)30/h5-8,13H,4,9-12,14H2,1-3H3,(H,32,33)/t26-/m0/s1. The summed E-state index contributed by atoms with van der Waals surface area (Å²) < 4.78 is 59.2. The van der Waals surface area contributed by atoms with Crippen molar-refractivity contribution in [3.05, 3.63) is 52.6 Å². The van der Waals surface area contributed by atoms with Crippen molar-refractivity contribution in [1.82, 2.24) is 5.32 Å². The van der Waals surface area contributed by atoms with Gasteiger partial charge in [0.15, 0.2) is 11.5 Å². The van der Waals surface area contributed by atoms with Crippen LogP contribution in [-0.2, 0) is 16.8 Å². The Bertz CT molecular complexity index is 1280. The van der Waals surface area contributed by atoms with Gasteiger partial charge in [-0.25, -0.2) is 0 Å². The summed E-state index contributed by atoms with van der Waals surface area (Å²) in [5.41, 5.74) is 2.16. The molecule has 196 valence electrons. The van der Waals surface area contributed by atoms with Crippen LogP contribution in [0.4, 0.5) is 13.2 Å². The van der Waals surface area contributed by atoms with E-state index in [0.717, 1.165) is 11.1 Å². The summed E-state index contributed by atoms with van der Waals surface area (Å²) in [6, 6.07) is 10.8. The van der Waals surface area contributed by atoms with Gasteiger partial charge in [0.25, 0.3) is 5.91 Å². The molecule has 1 amide bonds. The van der Waals surface area contributed by atoms with Gasteiger partial charge in [0.2, 0.25) is 5.75 Å². The van der Waals surface area contributed by atoms with Gasteiger partial charge in [-0.15, -0.1) is 0 Å². The average molecular weight is 517 g/mol. The van der Waals surface area contributed by atoms with Crippen LogP contribution in [0.5, 0.6) is 23.0 Å². The van der Waals surface area contributed by atoms with E-state index in [2.05, 4.69) is 5.32 Å². The molecule has 2 aromatic rings. The minimum atomic E-state index is -4.21. The number of methoxy groups -OCH3 is 3. The topological polar surface area (TPSA) is 89.8 Å². The Morgan fingerprint density at radius 1 is 1.08 bits per heavy atom. The molecule has 0 aromatic heterocycles. The van der Waals surface area contributed by atoms with Crippen molar-refractivity contribution < 1.29 is 36.9 Å². The molecule has 0 fully saturated rings. The molecule has 0 unspecified atom stereocenters. The molecule has 37 heavy (non-hydrogen) atoms. The monoisotopic (exact) mass is 516 g/mol. The number of carbonyl (C=O) groups excluding carboxylic acids is 1. The molecule has 0 radical (unpaired) electrons. The number of carbonyl (C=O) groups is 1. The summed E-state index contributed by atoms with van der Waals surface area (Å²) in [5.74, 6) is 1.16. The second-order valence-corrected chi connectivity index (χ2v) is 8.95. The van der Waals surface area contributed by atoms with E-state index in [0.29, 0.717) is 53.4 Å². The fraction of sp³-hybridized carbons (Fsp3) is 0.407. The first-order chi connectivity index (χ1) is 17.7. The number of nitrogens with one attached hydrogen (secondary N) is 1. The number of alkyl halides is 3. The molecule has 10 heteroatoms. The van der Waals surface area contributed by atoms with E-state index in [9.17, 15) is 23.2 Å². The van der Waals surface area contributed by atoms with E-state index < -0.39 is 24.0 Å². The predicted octanol–water partition coefficient (Wildman–Crippen LogP) is 5.07. The Morgan fingerprint density at radius 2 is 1.84 bits per heavy atom. The lowest BCUT2D eigenvalue weighted by molar-refractivity contribution is -0.136. The van der Waals surface area contributed by atoms with E-state index in [4.69, 9.17) is 18.9 Å². The van der Waals surface area contributed by atoms with Crippen LogP contribution in [-0.4, -0.2) is 40.0 Å². The quantitative estimate of drug-likeness (QED) is 0.493. The number of hydrogen-bond donors (Lipinski definition) is 1. The van der Waals surface area contributed by atoms with E-state index >= 15 is 0 Å². The van der Waals surface area contributed by atoms with Gasteiger partial charge in [-0.2, -0.15) is 18.4 Å². The lowest BCUT2D eigenvalue weighted by atomic mass is 9.78. The van der Waals surface area contributed by atoms with Crippen molar-refractivity contribution in [3.63, 3.8) is 0 Å². The van der Waals surface area contributed by atoms with Crippen LogP contribution < -0.4 is 24.3 Å². The molecule has 7 nitrogen and oxygen atoms in total. The third-order valence-electron chi connectivity index (χ3n) is 6.79. The third-order valence-corrected chi connectivity index (χ3v) is 6.79. The number of aryl methyl sites for hydroxylation is 1. The van der Waals surface area contributed by atoms with Gasteiger partial charge in [0.1, 0.15) is 17.4 Å². The second kappa shape index (κ2) is 10.2. The largest absolute Gasteiger partial charge is 0.494 e. The first-order valence-corrected chi connectivity index (χ1v) is 11.7. The van der Waals surface area contributed by atoms with Gasteiger partial charge in [-0.1, -0.05) is 6.07 Å². The summed E-state index contributed by atoms with van der Waals surface area (Å²) in [4.78, 5) is 13.2. The van der Waals surface area contributed by atoms with E-state index in [1.807, 2.05) is 18.2 Å². The Morgan fingerprint density at radius 3 is 2.49 bits per heavy atom. The molecule has 0 saturated heterocycles. The highest BCUT2D eigenvalue weighted by molar-refractivity contribution is 6.08. The minimum absolute atomic E-state index is 0.00536. The zero-order chi connectivity index (χ0) is 26.8. The first-order valence-electron chi connectivity index (χ1n) is 11.7. The number of fused-ring (bicyclic) bond motifs is 2. The highest BCUT2D eigenvalue weighted by Gasteiger charge is 2.46. The fourth-order valence-electron chi connectivity index (χ4n) is 5.13. The molecule has 1 aliphatic heterocycles. The molecule has 1 aliphatic carbocycles. The summed E-state index contributed by atoms with van der Waals surface area (Å²) in [6.45, 7) is -0.0440. The molecule has 1 heterocycles. The van der Waals surface area contributed by atoms with Crippen LogP contribution in [0.2, 0.25) is 0 Å². The average Bonchev–Trinajstić information content (AvgIpc) is 3.21. The van der Waals surface area contributed by atoms with Gasteiger partial charge in [-0.05, 0) is 60.2 Å². The number of nitriles is 1. The van der Waals surface area contributed by atoms with Crippen LogP contribution >= 0.6 is 0 Å². The maximum Gasteiger partial charge on any atom is 0.389 e. The number of ether oxygens (including phenoxy) is 4.